The molecule has 0 fully saturated rings. The fraction of sp³-hybridized carbons (Fsp3) is 0.235. The molecule has 22 heavy (non-hydrogen) atoms. The van der Waals surface area contributed by atoms with Gasteiger partial charge in [0, 0.05) is 25.0 Å². The average molecular weight is 318 g/mol. The number of hydrogen-bond donors (Lipinski definition) is 0. The Labute approximate surface area is 134 Å². The van der Waals surface area contributed by atoms with Gasteiger partial charge in [0.05, 0.1) is 10.7 Å². The summed E-state index contributed by atoms with van der Waals surface area (Å²) in [6, 6.07) is 10.5. The zero-order chi connectivity index (χ0) is 15.7. The van der Waals surface area contributed by atoms with Crippen molar-refractivity contribution in [3.05, 3.63) is 70.9 Å². The molecule has 1 aromatic carbocycles. The van der Waals surface area contributed by atoms with Gasteiger partial charge in [0.25, 0.3) is 0 Å². The minimum atomic E-state index is -0.212. The predicted octanol–water partition coefficient (Wildman–Crippen LogP) is 4.32. The second-order valence-corrected chi connectivity index (χ2v) is 5.92. The van der Waals surface area contributed by atoms with Crippen LogP contribution in [0.5, 0.6) is 0 Å². The molecule has 0 saturated carbocycles. The van der Waals surface area contributed by atoms with Gasteiger partial charge in [-0.3, -0.25) is 4.90 Å². The maximum atomic E-state index is 13.0. The second kappa shape index (κ2) is 6.07. The standard InChI is InChI=1S/C17H17ClFN3/c1-12(13-3-6-15(19)7-4-13)21(2)10-16-11-22-9-14(18)5-8-17(22)20-16/h3-9,11-12H,10H2,1-2H3. The van der Waals surface area contributed by atoms with Gasteiger partial charge in [-0.15, -0.1) is 0 Å². The molecule has 1 unspecified atom stereocenters. The highest BCUT2D eigenvalue weighted by molar-refractivity contribution is 6.30. The second-order valence-electron chi connectivity index (χ2n) is 5.49. The van der Waals surface area contributed by atoms with E-state index >= 15 is 0 Å². The van der Waals surface area contributed by atoms with Gasteiger partial charge >= 0.3 is 0 Å². The van der Waals surface area contributed by atoms with Crippen molar-refractivity contribution in [2.24, 2.45) is 0 Å². The molecular formula is C17H17ClFN3. The van der Waals surface area contributed by atoms with Gasteiger partial charge in [0.2, 0.25) is 0 Å². The van der Waals surface area contributed by atoms with Gasteiger partial charge in [0.1, 0.15) is 11.5 Å². The van der Waals surface area contributed by atoms with E-state index in [2.05, 4.69) is 16.8 Å². The molecule has 0 aliphatic heterocycles. The Hall–Kier alpha value is -1.91. The number of fused-ring (bicyclic) bond motifs is 1. The summed E-state index contributed by atoms with van der Waals surface area (Å²) in [5.41, 5.74) is 2.93. The number of benzene rings is 1. The number of rotatable bonds is 4. The van der Waals surface area contributed by atoms with Crippen molar-refractivity contribution in [1.82, 2.24) is 14.3 Å². The molecule has 0 bridgehead atoms. The Bertz CT molecular complexity index is 782. The Morgan fingerprint density at radius 2 is 1.91 bits per heavy atom. The van der Waals surface area contributed by atoms with Crippen LogP contribution in [-0.2, 0) is 6.54 Å². The van der Waals surface area contributed by atoms with Gasteiger partial charge in [-0.05, 0) is 43.8 Å². The molecule has 2 heterocycles. The summed E-state index contributed by atoms with van der Waals surface area (Å²) in [4.78, 5) is 6.76. The van der Waals surface area contributed by atoms with Crippen LogP contribution in [0, 0.1) is 5.82 Å². The summed E-state index contributed by atoms with van der Waals surface area (Å²) in [7, 11) is 2.03. The number of halogens is 2. The van der Waals surface area contributed by atoms with Gasteiger partial charge in [-0.1, -0.05) is 23.7 Å². The number of hydrogen-bond acceptors (Lipinski definition) is 2. The summed E-state index contributed by atoms with van der Waals surface area (Å²) in [6.45, 7) is 2.80. The molecule has 0 aliphatic carbocycles. The van der Waals surface area contributed by atoms with Crippen LogP contribution < -0.4 is 0 Å². The van der Waals surface area contributed by atoms with Crippen LogP contribution in [0.25, 0.3) is 5.65 Å². The molecule has 0 aliphatic rings. The van der Waals surface area contributed by atoms with E-state index in [0.29, 0.717) is 11.6 Å². The van der Waals surface area contributed by atoms with Gasteiger partial charge in [-0.2, -0.15) is 0 Å². The van der Waals surface area contributed by atoms with E-state index in [1.165, 1.54) is 12.1 Å². The highest BCUT2D eigenvalue weighted by Crippen LogP contribution is 2.21. The Morgan fingerprint density at radius 3 is 2.64 bits per heavy atom. The van der Waals surface area contributed by atoms with Gasteiger partial charge < -0.3 is 4.40 Å². The quantitative estimate of drug-likeness (QED) is 0.714. The molecule has 3 aromatic rings. The minimum absolute atomic E-state index is 0.175. The molecule has 1 atom stereocenters. The van der Waals surface area contributed by atoms with E-state index in [0.717, 1.165) is 16.9 Å². The lowest BCUT2D eigenvalue weighted by Crippen LogP contribution is -2.22. The summed E-state index contributed by atoms with van der Waals surface area (Å²) in [6.07, 6.45) is 3.83. The third-order valence-electron chi connectivity index (χ3n) is 3.89. The molecule has 3 nitrogen and oxygen atoms in total. The minimum Gasteiger partial charge on any atom is -0.305 e. The molecule has 5 heteroatoms. The molecular weight excluding hydrogens is 301 g/mol. The zero-order valence-corrected chi connectivity index (χ0v) is 13.3. The van der Waals surface area contributed by atoms with E-state index < -0.39 is 0 Å². The molecule has 0 saturated heterocycles. The molecule has 0 amide bonds. The van der Waals surface area contributed by atoms with E-state index in [-0.39, 0.29) is 11.9 Å². The topological polar surface area (TPSA) is 20.5 Å². The maximum Gasteiger partial charge on any atom is 0.137 e. The molecule has 114 valence electrons. The third-order valence-corrected chi connectivity index (χ3v) is 4.11. The summed E-state index contributed by atoms with van der Waals surface area (Å²) in [5.74, 6) is -0.212. The van der Waals surface area contributed by atoms with Crippen molar-refractivity contribution < 1.29 is 4.39 Å². The van der Waals surface area contributed by atoms with Crippen LogP contribution >= 0.6 is 11.6 Å². The summed E-state index contributed by atoms with van der Waals surface area (Å²) < 4.78 is 14.9. The normalized spacial score (nSPS) is 13.0. The lowest BCUT2D eigenvalue weighted by atomic mass is 10.1. The third kappa shape index (κ3) is 3.13. The first-order valence-electron chi connectivity index (χ1n) is 7.12. The fourth-order valence-electron chi connectivity index (χ4n) is 2.48. The fourth-order valence-corrected chi connectivity index (χ4v) is 2.65. The van der Waals surface area contributed by atoms with E-state index in [1.807, 2.05) is 48.1 Å². The maximum absolute atomic E-state index is 13.0. The summed E-state index contributed by atoms with van der Waals surface area (Å²) >= 11 is 5.99. The first-order chi connectivity index (χ1) is 10.5. The van der Waals surface area contributed by atoms with Crippen LogP contribution in [0.1, 0.15) is 24.2 Å². The number of nitrogens with zero attached hydrogens (tertiary/aromatic N) is 3. The monoisotopic (exact) mass is 317 g/mol. The first-order valence-corrected chi connectivity index (χ1v) is 7.49. The van der Waals surface area contributed by atoms with Crippen LogP contribution in [0.2, 0.25) is 5.02 Å². The van der Waals surface area contributed by atoms with Crippen molar-refractivity contribution in [3.8, 4) is 0 Å². The zero-order valence-electron chi connectivity index (χ0n) is 12.5. The van der Waals surface area contributed by atoms with E-state index in [4.69, 9.17) is 11.6 Å². The predicted molar refractivity (Wildman–Crippen MR) is 86.5 cm³/mol. The van der Waals surface area contributed by atoms with Crippen LogP contribution in [0.15, 0.2) is 48.8 Å². The lowest BCUT2D eigenvalue weighted by Gasteiger charge is -2.24. The van der Waals surface area contributed by atoms with Crippen molar-refractivity contribution in [2.45, 2.75) is 19.5 Å². The van der Waals surface area contributed by atoms with Crippen LogP contribution in [-0.4, -0.2) is 21.3 Å². The van der Waals surface area contributed by atoms with Crippen LogP contribution in [0.3, 0.4) is 0 Å². The highest BCUT2D eigenvalue weighted by atomic mass is 35.5. The van der Waals surface area contributed by atoms with Gasteiger partial charge in [0.15, 0.2) is 0 Å². The van der Waals surface area contributed by atoms with Crippen molar-refractivity contribution >= 4 is 17.2 Å². The molecule has 0 N–H and O–H groups in total. The average Bonchev–Trinajstić information content (AvgIpc) is 2.88. The van der Waals surface area contributed by atoms with Crippen molar-refractivity contribution in [3.63, 3.8) is 0 Å². The Balaban J connectivity index is 1.77. The number of imidazole rings is 1. The van der Waals surface area contributed by atoms with Crippen LogP contribution in [0.4, 0.5) is 4.39 Å². The lowest BCUT2D eigenvalue weighted by molar-refractivity contribution is 0.250. The SMILES string of the molecule is CC(c1ccc(F)cc1)N(C)Cc1cn2cc(Cl)ccc2n1. The Kier molecular flexibility index (Phi) is 4.14. The smallest absolute Gasteiger partial charge is 0.137 e. The summed E-state index contributed by atoms with van der Waals surface area (Å²) in [5, 5.41) is 0.685. The molecule has 3 rings (SSSR count). The largest absolute Gasteiger partial charge is 0.305 e. The number of aromatic nitrogens is 2. The molecule has 0 spiro atoms. The van der Waals surface area contributed by atoms with Crippen molar-refractivity contribution in [2.75, 3.05) is 7.05 Å². The molecule has 2 aromatic heterocycles. The van der Waals surface area contributed by atoms with E-state index in [9.17, 15) is 4.39 Å². The van der Waals surface area contributed by atoms with Crippen molar-refractivity contribution in [1.29, 1.82) is 0 Å². The highest BCUT2D eigenvalue weighted by Gasteiger charge is 2.13. The first kappa shape index (κ1) is 15.0. The van der Waals surface area contributed by atoms with E-state index in [1.54, 1.807) is 0 Å². The Morgan fingerprint density at radius 1 is 1.18 bits per heavy atom. The number of pyridine rings is 1. The molecule has 0 radical (unpaired) electrons. The van der Waals surface area contributed by atoms with Gasteiger partial charge in [-0.25, -0.2) is 9.37 Å².